The van der Waals surface area contributed by atoms with Crippen LogP contribution in [0.4, 0.5) is 31.3 Å². The first-order valence-corrected chi connectivity index (χ1v) is 22.2. The van der Waals surface area contributed by atoms with Crippen molar-refractivity contribution in [2.75, 3.05) is 5.73 Å². The zero-order valence-corrected chi connectivity index (χ0v) is 36.3. The van der Waals surface area contributed by atoms with Gasteiger partial charge in [0.1, 0.15) is 0 Å². The highest BCUT2D eigenvalue weighted by atomic mass is 79.9. The van der Waals surface area contributed by atoms with Crippen LogP contribution in [0.2, 0.25) is 0 Å². The van der Waals surface area contributed by atoms with Crippen LogP contribution < -0.4 is 5.73 Å². The Balaban J connectivity index is 1.56. The number of hydrogen-bond acceptors (Lipinski definition) is 7. The fourth-order valence-corrected chi connectivity index (χ4v) is 14.0. The molecule has 0 saturated heterocycles. The van der Waals surface area contributed by atoms with Crippen LogP contribution in [0.5, 0.6) is 0 Å². The van der Waals surface area contributed by atoms with Crippen molar-refractivity contribution in [2.45, 2.75) is 70.1 Å². The Kier molecular flexibility index (Phi) is 9.58. The minimum absolute atomic E-state index is 0.176. The number of allylic oxidation sites excluding steroid dienone is 2. The molecule has 1 aliphatic rings. The second-order valence-electron chi connectivity index (χ2n) is 14.4. The summed E-state index contributed by atoms with van der Waals surface area (Å²) in [5.41, 5.74) is 2.16. The van der Waals surface area contributed by atoms with Gasteiger partial charge in [0.15, 0.2) is 0 Å². The normalized spacial score (nSPS) is 17.1. The number of rotatable bonds is 6. The average Bonchev–Trinajstić information content (AvgIpc) is 3.86. The van der Waals surface area contributed by atoms with Crippen LogP contribution in [-0.2, 0) is 10.8 Å². The predicted molar refractivity (Wildman–Crippen MR) is 221 cm³/mol. The van der Waals surface area contributed by atoms with Gasteiger partial charge in [-0.15, -0.1) is 68.0 Å². The maximum Gasteiger partial charge on any atom is 0.380 e. The summed E-state index contributed by atoms with van der Waals surface area (Å²) in [6.07, 6.45) is 0. The lowest BCUT2D eigenvalue weighted by molar-refractivity contribution is -0.254. The van der Waals surface area contributed by atoms with Crippen LogP contribution in [-0.4, -0.2) is 17.8 Å². The smallest absolute Gasteiger partial charge is 0.380 e. The molecule has 0 fully saturated rings. The maximum absolute atomic E-state index is 16.6. The molecule has 2 N–H and O–H groups in total. The van der Waals surface area contributed by atoms with Gasteiger partial charge in [-0.25, -0.2) is 0 Å². The van der Waals surface area contributed by atoms with Crippen molar-refractivity contribution in [2.24, 2.45) is 0 Å². The highest BCUT2D eigenvalue weighted by Crippen LogP contribution is 2.68. The van der Waals surface area contributed by atoms with E-state index in [9.17, 15) is 0 Å². The Morgan fingerprint density at radius 1 is 0.519 bits per heavy atom. The van der Waals surface area contributed by atoms with Crippen molar-refractivity contribution in [1.29, 1.82) is 0 Å². The Morgan fingerprint density at radius 3 is 1.52 bits per heavy atom. The van der Waals surface area contributed by atoms with Crippen LogP contribution in [0.3, 0.4) is 0 Å². The molecule has 1 nitrogen and oxygen atoms in total. The summed E-state index contributed by atoms with van der Waals surface area (Å²) < 4.78 is 99.3. The van der Waals surface area contributed by atoms with E-state index in [1.807, 2.05) is 59.7 Å². The third-order valence-corrected chi connectivity index (χ3v) is 18.1. The summed E-state index contributed by atoms with van der Waals surface area (Å²) in [7, 11) is 0. The van der Waals surface area contributed by atoms with E-state index >= 15 is 26.3 Å². The first-order valence-electron chi connectivity index (χ1n) is 15.7. The van der Waals surface area contributed by atoms with Gasteiger partial charge in [0, 0.05) is 60.9 Å². The lowest BCUT2D eigenvalue weighted by atomic mass is 9.94. The van der Waals surface area contributed by atoms with E-state index in [2.05, 4.69) is 31.9 Å². The topological polar surface area (TPSA) is 26.0 Å². The molecule has 0 aromatic carbocycles. The van der Waals surface area contributed by atoms with Crippen molar-refractivity contribution in [3.63, 3.8) is 0 Å². The Hall–Kier alpha value is -1.72. The molecule has 0 amide bonds. The highest BCUT2D eigenvalue weighted by Gasteiger charge is 2.80. The number of thiophene rings is 6. The molecule has 0 saturated carbocycles. The number of hydrogen-bond donors (Lipinski definition) is 1. The van der Waals surface area contributed by atoms with Crippen molar-refractivity contribution < 1.29 is 26.3 Å². The minimum atomic E-state index is -5.72. The van der Waals surface area contributed by atoms with E-state index in [0.717, 1.165) is 43.8 Å². The Morgan fingerprint density at radius 2 is 1.04 bits per heavy atom. The molecule has 0 radical (unpaired) electrons. The number of nitrogen functional groups attached to an aromatic ring is 1. The molecule has 6 aromatic rings. The molecule has 15 heteroatoms. The fraction of sp³-hybridized carbons (Fsp3) is 0.297. The van der Waals surface area contributed by atoms with Crippen LogP contribution in [0.15, 0.2) is 62.9 Å². The monoisotopic (exact) mass is 951 g/mol. The van der Waals surface area contributed by atoms with E-state index in [1.165, 1.54) is 46.1 Å². The maximum atomic E-state index is 16.6. The first kappa shape index (κ1) is 38.6. The van der Waals surface area contributed by atoms with Gasteiger partial charge < -0.3 is 5.73 Å². The van der Waals surface area contributed by atoms with Crippen LogP contribution in [0.1, 0.15) is 62.4 Å². The third kappa shape index (κ3) is 6.26. The van der Waals surface area contributed by atoms with Gasteiger partial charge in [-0.1, -0.05) is 41.5 Å². The van der Waals surface area contributed by atoms with Crippen LogP contribution >= 0.6 is 99.9 Å². The van der Waals surface area contributed by atoms with Gasteiger partial charge in [-0.2, -0.15) is 26.3 Å². The second-order valence-corrected chi connectivity index (χ2v) is 23.1. The lowest BCUT2D eigenvalue weighted by Gasteiger charge is -2.25. The summed E-state index contributed by atoms with van der Waals surface area (Å²) in [6.45, 7) is 12.2. The van der Waals surface area contributed by atoms with Gasteiger partial charge in [0.2, 0.25) is 0 Å². The summed E-state index contributed by atoms with van der Waals surface area (Å²) in [5, 5.41) is 0.370. The van der Waals surface area contributed by atoms with Crippen molar-refractivity contribution in [3.05, 3.63) is 83.7 Å². The Labute approximate surface area is 338 Å². The summed E-state index contributed by atoms with van der Waals surface area (Å²) in [5.74, 6) is -16.2. The van der Waals surface area contributed by atoms with E-state index < -0.39 is 28.9 Å². The molecule has 6 heterocycles. The standard InChI is InChI=1S/C37H29Br2F6NS6/c1-33(2,3)24-10-7-19(47-24)22-13-16(31(50-22)21-9-12-27(46)49-21)28-29(36(42,43)37(44,45)35(28,40)41)17-14-23(51-30(17)20-8-11-26(39)48-20)32-18(38)15-25(52-32)34(4,5)6/h7-15H,46H2,1-6H3. The molecule has 6 aromatic heterocycles. The van der Waals surface area contributed by atoms with E-state index in [-0.39, 0.29) is 31.7 Å². The predicted octanol–water partition coefficient (Wildman–Crippen LogP) is 16.3. The molecule has 0 spiro atoms. The van der Waals surface area contributed by atoms with Crippen LogP contribution in [0, 0.1) is 0 Å². The van der Waals surface area contributed by atoms with Gasteiger partial charge >= 0.3 is 17.8 Å². The van der Waals surface area contributed by atoms with Gasteiger partial charge in [0.05, 0.1) is 23.4 Å². The highest BCUT2D eigenvalue weighted by molar-refractivity contribution is 9.11. The largest absolute Gasteiger partial charge is 0.391 e. The van der Waals surface area contributed by atoms with Crippen molar-refractivity contribution in [3.8, 4) is 39.0 Å². The second kappa shape index (κ2) is 12.9. The SMILES string of the molecule is CC(C)(C)c1ccc(-c2cc(C3=C(c4cc(-c5sc(C(C)(C)C)cc5Br)sc4-c4ccc(Br)s4)C(F)(F)C(F)(F)C3(F)F)c(-c3ccc(N)s3)s2)s1. The van der Waals surface area contributed by atoms with Gasteiger partial charge in [-0.3, -0.25) is 0 Å². The third-order valence-electron chi connectivity index (χ3n) is 8.55. The molecule has 274 valence electrons. The van der Waals surface area contributed by atoms with Crippen molar-refractivity contribution >= 4 is 116 Å². The molecule has 0 bridgehead atoms. The number of halogens is 8. The molecule has 7 rings (SSSR count). The summed E-state index contributed by atoms with van der Waals surface area (Å²) in [6, 6.07) is 15.1. The molecular formula is C37H29Br2F6NS6. The lowest BCUT2D eigenvalue weighted by Crippen LogP contribution is -2.48. The van der Waals surface area contributed by atoms with Gasteiger partial charge in [0.25, 0.3) is 0 Å². The number of anilines is 1. The molecule has 1 aliphatic carbocycles. The Bertz CT molecular complexity index is 2370. The van der Waals surface area contributed by atoms with E-state index in [1.54, 1.807) is 24.3 Å². The molecule has 0 atom stereocenters. The molecule has 0 unspecified atom stereocenters. The number of nitrogens with two attached hydrogens (primary N) is 1. The first-order chi connectivity index (χ1) is 24.0. The average molecular weight is 954 g/mol. The van der Waals surface area contributed by atoms with Gasteiger partial charge in [-0.05, 0) is 97.3 Å². The molecule has 0 aliphatic heterocycles. The quantitative estimate of drug-likeness (QED) is 0.165. The zero-order chi connectivity index (χ0) is 37.9. The molecular weight excluding hydrogens is 925 g/mol. The number of alkyl halides is 6. The van der Waals surface area contributed by atoms with Crippen LogP contribution in [0.25, 0.3) is 50.2 Å². The molecule has 52 heavy (non-hydrogen) atoms. The summed E-state index contributed by atoms with van der Waals surface area (Å²) in [4.78, 5) is 5.71. The van der Waals surface area contributed by atoms with E-state index in [4.69, 9.17) is 5.73 Å². The van der Waals surface area contributed by atoms with E-state index in [0.29, 0.717) is 42.5 Å². The fourth-order valence-electron chi connectivity index (χ4n) is 5.88. The minimum Gasteiger partial charge on any atom is -0.391 e. The summed E-state index contributed by atoms with van der Waals surface area (Å²) >= 11 is 14.4. The van der Waals surface area contributed by atoms with Crippen molar-refractivity contribution in [1.82, 2.24) is 0 Å². The zero-order valence-electron chi connectivity index (χ0n) is 28.2.